The molecule has 0 saturated heterocycles. The van der Waals surface area contributed by atoms with E-state index in [0.717, 1.165) is 21.0 Å². The lowest BCUT2D eigenvalue weighted by Crippen LogP contribution is -2.52. The maximum atomic E-state index is 14.0. The van der Waals surface area contributed by atoms with Crippen molar-refractivity contribution in [3.8, 4) is 5.75 Å². The Morgan fingerprint density at radius 3 is 2.10 bits per heavy atom. The average Bonchev–Trinajstić information content (AvgIpc) is 2.91. The number of carbonyl (C=O) groups is 2. The SMILES string of the molecule is CCOc1ccc(S(=O)(=O)N(CC(=O)N(Cc2ccccc2C)[C@H](C)C(=O)NC(C)C)c2ccc(C)cc2)cc1. The van der Waals surface area contributed by atoms with Gasteiger partial charge in [0.15, 0.2) is 0 Å². The Morgan fingerprint density at radius 1 is 0.900 bits per heavy atom. The molecule has 40 heavy (non-hydrogen) atoms. The molecule has 0 radical (unpaired) electrons. The van der Waals surface area contributed by atoms with E-state index in [9.17, 15) is 18.0 Å². The molecule has 0 fully saturated rings. The fourth-order valence-corrected chi connectivity index (χ4v) is 5.61. The Labute approximate surface area is 238 Å². The van der Waals surface area contributed by atoms with Crippen molar-refractivity contribution in [2.45, 2.75) is 65.1 Å². The molecule has 0 aliphatic carbocycles. The van der Waals surface area contributed by atoms with Gasteiger partial charge in [-0.1, -0.05) is 42.0 Å². The van der Waals surface area contributed by atoms with Crippen molar-refractivity contribution in [1.82, 2.24) is 10.2 Å². The molecule has 1 atom stereocenters. The predicted octanol–water partition coefficient (Wildman–Crippen LogP) is 4.84. The number of ether oxygens (including phenoxy) is 1. The summed E-state index contributed by atoms with van der Waals surface area (Å²) in [4.78, 5) is 28.5. The van der Waals surface area contributed by atoms with Crippen LogP contribution in [0.4, 0.5) is 5.69 Å². The van der Waals surface area contributed by atoms with E-state index < -0.39 is 28.5 Å². The number of nitrogens with one attached hydrogen (secondary N) is 1. The van der Waals surface area contributed by atoms with Crippen LogP contribution in [0.2, 0.25) is 0 Å². The van der Waals surface area contributed by atoms with Gasteiger partial charge in [-0.3, -0.25) is 13.9 Å². The molecule has 214 valence electrons. The first kappa shape index (κ1) is 30.7. The van der Waals surface area contributed by atoms with Crippen LogP contribution in [0.1, 0.15) is 44.4 Å². The number of rotatable bonds is 12. The lowest BCUT2D eigenvalue weighted by molar-refractivity contribution is -0.139. The van der Waals surface area contributed by atoms with Crippen molar-refractivity contribution < 1.29 is 22.7 Å². The smallest absolute Gasteiger partial charge is 0.264 e. The van der Waals surface area contributed by atoms with E-state index in [2.05, 4.69) is 5.32 Å². The van der Waals surface area contributed by atoms with Gasteiger partial charge in [0, 0.05) is 12.6 Å². The van der Waals surface area contributed by atoms with Crippen LogP contribution in [-0.2, 0) is 26.2 Å². The van der Waals surface area contributed by atoms with Crippen molar-refractivity contribution in [2.24, 2.45) is 0 Å². The summed E-state index contributed by atoms with van der Waals surface area (Å²) in [5.41, 5.74) is 3.14. The van der Waals surface area contributed by atoms with E-state index in [1.807, 2.05) is 58.9 Å². The first-order valence-corrected chi connectivity index (χ1v) is 14.8. The Bertz CT molecular complexity index is 1400. The minimum Gasteiger partial charge on any atom is -0.494 e. The van der Waals surface area contributed by atoms with E-state index in [4.69, 9.17) is 4.74 Å². The van der Waals surface area contributed by atoms with Gasteiger partial charge in [-0.15, -0.1) is 0 Å². The molecule has 3 aromatic rings. The number of nitrogens with zero attached hydrogens (tertiary/aromatic N) is 2. The Kier molecular flexibility index (Phi) is 10.3. The van der Waals surface area contributed by atoms with E-state index in [-0.39, 0.29) is 23.4 Å². The van der Waals surface area contributed by atoms with Crippen molar-refractivity contribution in [3.05, 3.63) is 89.5 Å². The molecule has 8 nitrogen and oxygen atoms in total. The molecule has 0 aliphatic heterocycles. The molecule has 0 spiro atoms. The summed E-state index contributed by atoms with van der Waals surface area (Å²) in [6, 6.07) is 19.7. The Balaban J connectivity index is 2.03. The van der Waals surface area contributed by atoms with Crippen molar-refractivity contribution in [3.63, 3.8) is 0 Å². The highest BCUT2D eigenvalue weighted by Crippen LogP contribution is 2.26. The van der Waals surface area contributed by atoms with Gasteiger partial charge >= 0.3 is 0 Å². The first-order chi connectivity index (χ1) is 18.9. The second kappa shape index (κ2) is 13.5. The maximum Gasteiger partial charge on any atom is 0.264 e. The zero-order valence-corrected chi connectivity index (χ0v) is 24.9. The Hall–Kier alpha value is -3.85. The zero-order valence-electron chi connectivity index (χ0n) is 24.0. The van der Waals surface area contributed by atoms with E-state index in [0.29, 0.717) is 18.0 Å². The number of anilines is 1. The molecule has 0 aromatic heterocycles. The highest BCUT2D eigenvalue weighted by atomic mass is 32.2. The van der Waals surface area contributed by atoms with E-state index in [1.54, 1.807) is 43.3 Å². The van der Waals surface area contributed by atoms with Gasteiger partial charge in [0.2, 0.25) is 11.8 Å². The van der Waals surface area contributed by atoms with Crippen LogP contribution >= 0.6 is 0 Å². The molecular weight excluding hydrogens is 526 g/mol. The van der Waals surface area contributed by atoms with Gasteiger partial charge in [0.25, 0.3) is 10.0 Å². The summed E-state index contributed by atoms with van der Waals surface area (Å²) in [5, 5.41) is 2.86. The number of hydrogen-bond donors (Lipinski definition) is 1. The van der Waals surface area contributed by atoms with Crippen molar-refractivity contribution in [2.75, 3.05) is 17.5 Å². The molecule has 9 heteroatoms. The van der Waals surface area contributed by atoms with Crippen LogP contribution in [0.3, 0.4) is 0 Å². The van der Waals surface area contributed by atoms with E-state index >= 15 is 0 Å². The molecule has 3 aromatic carbocycles. The predicted molar refractivity (Wildman–Crippen MR) is 158 cm³/mol. The normalized spacial score (nSPS) is 12.1. The second-order valence-electron chi connectivity index (χ2n) is 10.0. The third kappa shape index (κ3) is 7.63. The summed E-state index contributed by atoms with van der Waals surface area (Å²) in [5.74, 6) is -0.258. The topological polar surface area (TPSA) is 96.0 Å². The van der Waals surface area contributed by atoms with Gasteiger partial charge in [0.05, 0.1) is 17.2 Å². The fraction of sp³-hybridized carbons (Fsp3) is 0.355. The largest absolute Gasteiger partial charge is 0.494 e. The molecule has 2 amide bonds. The Morgan fingerprint density at radius 2 is 1.52 bits per heavy atom. The molecule has 0 bridgehead atoms. The maximum absolute atomic E-state index is 14.0. The van der Waals surface area contributed by atoms with Gasteiger partial charge < -0.3 is 15.0 Å². The molecular formula is C31H39N3O5S. The first-order valence-electron chi connectivity index (χ1n) is 13.4. The van der Waals surface area contributed by atoms with Crippen LogP contribution in [0.25, 0.3) is 0 Å². The van der Waals surface area contributed by atoms with Crippen LogP contribution in [0.15, 0.2) is 77.7 Å². The zero-order chi connectivity index (χ0) is 29.4. The lowest BCUT2D eigenvalue weighted by atomic mass is 10.1. The van der Waals surface area contributed by atoms with Crippen molar-refractivity contribution >= 4 is 27.5 Å². The molecule has 0 saturated carbocycles. The highest BCUT2D eigenvalue weighted by molar-refractivity contribution is 7.92. The number of sulfonamides is 1. The van der Waals surface area contributed by atoms with Crippen LogP contribution in [0, 0.1) is 13.8 Å². The van der Waals surface area contributed by atoms with Gasteiger partial charge in [0.1, 0.15) is 18.3 Å². The van der Waals surface area contributed by atoms with Gasteiger partial charge in [-0.25, -0.2) is 8.42 Å². The molecule has 0 aliphatic rings. The van der Waals surface area contributed by atoms with E-state index in [1.165, 1.54) is 17.0 Å². The minimum atomic E-state index is -4.14. The quantitative estimate of drug-likeness (QED) is 0.339. The second-order valence-corrected chi connectivity index (χ2v) is 11.9. The number of carbonyl (C=O) groups excluding carboxylic acids is 2. The molecule has 1 N–H and O–H groups in total. The summed E-state index contributed by atoms with van der Waals surface area (Å²) < 4.78 is 34.4. The molecule has 0 heterocycles. The monoisotopic (exact) mass is 565 g/mol. The summed E-state index contributed by atoms with van der Waals surface area (Å²) >= 11 is 0. The number of aryl methyl sites for hydroxylation is 2. The van der Waals surface area contributed by atoms with Gasteiger partial charge in [-0.05, 0) is 89.1 Å². The number of benzene rings is 3. The van der Waals surface area contributed by atoms with Crippen LogP contribution in [0.5, 0.6) is 5.75 Å². The minimum absolute atomic E-state index is 0.0281. The van der Waals surface area contributed by atoms with Crippen molar-refractivity contribution in [1.29, 1.82) is 0 Å². The molecule has 3 rings (SSSR count). The lowest BCUT2D eigenvalue weighted by Gasteiger charge is -2.32. The number of amides is 2. The summed E-state index contributed by atoms with van der Waals surface area (Å²) in [6.45, 7) is 11.2. The highest BCUT2D eigenvalue weighted by Gasteiger charge is 2.32. The standard InChI is InChI=1S/C31H39N3O5S/c1-7-39-28-16-18-29(19-17-28)40(37,38)34(27-14-12-23(4)13-15-27)21-30(35)33(25(6)31(36)32-22(2)3)20-26-11-9-8-10-24(26)5/h8-19,22,25H,7,20-21H2,1-6H3,(H,32,36)/t25-/m1/s1. The fourth-order valence-electron chi connectivity index (χ4n) is 4.20. The number of hydrogen-bond acceptors (Lipinski definition) is 5. The van der Waals surface area contributed by atoms with Crippen LogP contribution in [-0.4, -0.2) is 50.4 Å². The van der Waals surface area contributed by atoms with Gasteiger partial charge in [-0.2, -0.15) is 0 Å². The third-order valence-corrected chi connectivity index (χ3v) is 8.31. The summed E-state index contributed by atoms with van der Waals surface area (Å²) in [6.07, 6.45) is 0. The summed E-state index contributed by atoms with van der Waals surface area (Å²) in [7, 11) is -4.14. The third-order valence-electron chi connectivity index (χ3n) is 6.52. The average molecular weight is 566 g/mol. The van der Waals surface area contributed by atoms with Crippen LogP contribution < -0.4 is 14.4 Å². The molecule has 0 unspecified atom stereocenters.